The zero-order chi connectivity index (χ0) is 25.8. The number of fused-ring (bicyclic) bond motifs is 4. The van der Waals surface area contributed by atoms with E-state index in [4.69, 9.17) is 22.1 Å². The maximum Gasteiger partial charge on any atom is 0.410 e. The van der Waals surface area contributed by atoms with E-state index in [1.807, 2.05) is 24.3 Å². The van der Waals surface area contributed by atoms with Gasteiger partial charge in [-0.2, -0.15) is 0 Å². The number of carbonyl (C=O) groups is 2. The number of halogens is 1. The molecule has 5 rings (SSSR count). The van der Waals surface area contributed by atoms with Crippen molar-refractivity contribution in [1.29, 1.82) is 0 Å². The molecule has 2 amide bonds. The van der Waals surface area contributed by atoms with Gasteiger partial charge in [0.25, 0.3) is 11.5 Å². The number of nitrogens with two attached hydrogens (primary N) is 1. The van der Waals surface area contributed by atoms with Crippen molar-refractivity contribution in [3.05, 3.63) is 74.9 Å². The summed E-state index contributed by atoms with van der Waals surface area (Å²) in [7, 11) is 0. The van der Waals surface area contributed by atoms with E-state index in [0.29, 0.717) is 5.56 Å². The van der Waals surface area contributed by atoms with Gasteiger partial charge in [-0.25, -0.2) is 14.8 Å². The van der Waals surface area contributed by atoms with Crippen molar-refractivity contribution in [2.75, 3.05) is 17.6 Å². The molecule has 1 spiro atoms. The molecule has 2 aromatic heterocycles. The predicted octanol–water partition coefficient (Wildman–Crippen LogP) is 2.81. The molecule has 1 unspecified atom stereocenters. The Morgan fingerprint density at radius 1 is 1.22 bits per heavy atom. The van der Waals surface area contributed by atoms with Crippen molar-refractivity contribution >= 4 is 40.9 Å². The van der Waals surface area contributed by atoms with E-state index in [1.54, 1.807) is 20.8 Å². The third kappa shape index (κ3) is 3.91. The monoisotopic (exact) mass is 509 g/mol. The number of amides is 2. The van der Waals surface area contributed by atoms with Gasteiger partial charge in [0.1, 0.15) is 34.9 Å². The number of pyridine rings is 1. The van der Waals surface area contributed by atoms with Crippen LogP contribution >= 0.6 is 11.6 Å². The average Bonchev–Trinajstić information content (AvgIpc) is 3.09. The highest BCUT2D eigenvalue weighted by atomic mass is 35.5. The number of nitrogen functional groups attached to an aromatic ring is 1. The molecule has 1 atom stereocenters. The van der Waals surface area contributed by atoms with Crippen molar-refractivity contribution in [1.82, 2.24) is 24.8 Å². The minimum atomic E-state index is -1.40. The number of rotatable bonds is 2. The molecule has 12 heteroatoms. The summed E-state index contributed by atoms with van der Waals surface area (Å²) in [5.41, 5.74) is 4.58. The molecule has 0 saturated carbocycles. The molecule has 0 fully saturated rings. The first kappa shape index (κ1) is 23.6. The largest absolute Gasteiger partial charge is 0.444 e. The fourth-order valence-corrected chi connectivity index (χ4v) is 4.85. The van der Waals surface area contributed by atoms with E-state index in [1.165, 1.54) is 27.9 Å². The summed E-state index contributed by atoms with van der Waals surface area (Å²) in [6.45, 7) is 5.52. The van der Waals surface area contributed by atoms with Gasteiger partial charge in [-0.05, 0) is 32.4 Å². The maximum atomic E-state index is 13.9. The molecular formula is C24H24ClN7O4. The van der Waals surface area contributed by atoms with Crippen LogP contribution in [0.15, 0.2) is 47.5 Å². The molecule has 4 heterocycles. The molecule has 0 aliphatic carbocycles. The first-order chi connectivity index (χ1) is 17.0. The molecule has 0 bridgehead atoms. The van der Waals surface area contributed by atoms with Crippen LogP contribution in [-0.4, -0.2) is 43.6 Å². The van der Waals surface area contributed by atoms with Gasteiger partial charge in [-0.3, -0.25) is 19.1 Å². The summed E-state index contributed by atoms with van der Waals surface area (Å²) in [5, 5.41) is 5.91. The van der Waals surface area contributed by atoms with Gasteiger partial charge in [0.15, 0.2) is 5.66 Å². The van der Waals surface area contributed by atoms with Crippen LogP contribution in [0.2, 0.25) is 5.02 Å². The third-order valence-corrected chi connectivity index (χ3v) is 6.21. The fourth-order valence-electron chi connectivity index (χ4n) is 4.57. The van der Waals surface area contributed by atoms with Crippen LogP contribution in [0.4, 0.5) is 22.1 Å². The lowest BCUT2D eigenvalue weighted by molar-refractivity contribution is 0.0122. The summed E-state index contributed by atoms with van der Waals surface area (Å²) in [5.74, 6) is -0.0415. The second kappa shape index (κ2) is 8.23. The molecule has 2 aliphatic heterocycles. The first-order valence-electron chi connectivity index (χ1n) is 11.2. The molecule has 4 N–H and O–H groups in total. The van der Waals surface area contributed by atoms with Gasteiger partial charge in [0.05, 0.1) is 11.6 Å². The number of nitrogens with zero attached hydrogens (tertiary/aromatic N) is 4. The smallest absolute Gasteiger partial charge is 0.410 e. The van der Waals surface area contributed by atoms with Crippen LogP contribution < -0.4 is 21.9 Å². The van der Waals surface area contributed by atoms with E-state index in [9.17, 15) is 14.4 Å². The number of nitrogens with one attached hydrogen (secondary N) is 2. The Morgan fingerprint density at radius 2 is 1.97 bits per heavy atom. The summed E-state index contributed by atoms with van der Waals surface area (Å²) < 4.78 is 6.91. The van der Waals surface area contributed by atoms with Gasteiger partial charge < -0.3 is 21.1 Å². The molecule has 1 aromatic carbocycles. The maximum absolute atomic E-state index is 13.9. The Labute approximate surface area is 211 Å². The number of carbonyl (C=O) groups excluding carboxylic acids is 2. The van der Waals surface area contributed by atoms with Crippen LogP contribution in [0.1, 0.15) is 42.4 Å². The van der Waals surface area contributed by atoms with E-state index >= 15 is 0 Å². The summed E-state index contributed by atoms with van der Waals surface area (Å²) in [4.78, 5) is 49.5. The second-order valence-corrected chi connectivity index (χ2v) is 10.1. The molecule has 0 radical (unpaired) electrons. The van der Waals surface area contributed by atoms with E-state index in [0.717, 1.165) is 5.56 Å². The number of anilines is 3. The van der Waals surface area contributed by atoms with Crippen LogP contribution in [-0.2, 0) is 16.9 Å². The molecule has 3 aromatic rings. The fraction of sp³-hybridized carbons (Fsp3) is 0.292. The van der Waals surface area contributed by atoms with E-state index in [-0.39, 0.29) is 41.1 Å². The highest BCUT2D eigenvalue weighted by molar-refractivity contribution is 6.34. The van der Waals surface area contributed by atoms with Gasteiger partial charge in [-0.1, -0.05) is 35.9 Å². The Hall–Kier alpha value is -4.12. The first-order valence-corrected chi connectivity index (χ1v) is 11.6. The molecule has 0 saturated heterocycles. The van der Waals surface area contributed by atoms with Crippen molar-refractivity contribution in [2.24, 2.45) is 0 Å². The van der Waals surface area contributed by atoms with Crippen molar-refractivity contribution in [3.63, 3.8) is 0 Å². The highest BCUT2D eigenvalue weighted by Crippen LogP contribution is 2.39. The zero-order valence-corrected chi connectivity index (χ0v) is 20.6. The van der Waals surface area contributed by atoms with Crippen molar-refractivity contribution < 1.29 is 14.3 Å². The molecule has 36 heavy (non-hydrogen) atoms. The van der Waals surface area contributed by atoms with Crippen LogP contribution in [0.3, 0.4) is 0 Å². The molecule has 186 valence electrons. The van der Waals surface area contributed by atoms with Gasteiger partial charge in [0.2, 0.25) is 0 Å². The highest BCUT2D eigenvalue weighted by Gasteiger charge is 2.51. The number of hydrogen-bond donors (Lipinski definition) is 3. The van der Waals surface area contributed by atoms with E-state index < -0.39 is 28.8 Å². The number of aromatic nitrogens is 3. The van der Waals surface area contributed by atoms with Gasteiger partial charge >= 0.3 is 6.09 Å². The summed E-state index contributed by atoms with van der Waals surface area (Å²) >= 11 is 6.53. The number of hydrogen-bond acceptors (Lipinski definition) is 8. The topological polar surface area (TPSA) is 144 Å². The normalized spacial score (nSPS) is 18.4. The number of benzene rings is 1. The number of ether oxygens (including phenoxy) is 1. The summed E-state index contributed by atoms with van der Waals surface area (Å²) in [6.07, 6.45) is 0.691. The summed E-state index contributed by atoms with van der Waals surface area (Å²) in [6, 6.07) is 10.1. The second-order valence-electron chi connectivity index (χ2n) is 9.66. The van der Waals surface area contributed by atoms with E-state index in [2.05, 4.69) is 20.6 Å². The van der Waals surface area contributed by atoms with Gasteiger partial charge in [-0.15, -0.1) is 0 Å². The lowest BCUT2D eigenvalue weighted by Gasteiger charge is -2.42. The van der Waals surface area contributed by atoms with Crippen LogP contribution in [0.25, 0.3) is 0 Å². The van der Waals surface area contributed by atoms with Crippen molar-refractivity contribution in [2.45, 2.75) is 38.6 Å². The Balaban J connectivity index is 1.68. The Kier molecular flexibility index (Phi) is 5.40. The SMILES string of the molecule is CC(C)(C)OC(=O)N1Cc2ccccc2C2(C1)NC(=O)c1c(Cl)cc(Nc3cc(N)ncn3)c(=O)n12. The lowest BCUT2D eigenvalue weighted by Crippen LogP contribution is -2.59. The Bertz CT molecular complexity index is 1470. The minimum absolute atomic E-state index is 0.00439. The minimum Gasteiger partial charge on any atom is -0.444 e. The molecule has 11 nitrogen and oxygen atoms in total. The van der Waals surface area contributed by atoms with Crippen LogP contribution in [0, 0.1) is 0 Å². The lowest BCUT2D eigenvalue weighted by atomic mass is 9.89. The van der Waals surface area contributed by atoms with Gasteiger partial charge in [0, 0.05) is 18.2 Å². The standard InChI is InChI=1S/C24H24ClN7O4/c1-23(2,3)36-22(35)31-10-13-6-4-5-7-14(13)24(11-31)30-20(33)19-15(25)8-16(21(34)32(19)24)29-18-9-17(26)27-12-28-18/h4-9,12H,10-11H2,1-3H3,(H,30,33)(H3,26,27,28,29). The third-order valence-electron chi connectivity index (χ3n) is 5.92. The average molecular weight is 510 g/mol. The Morgan fingerprint density at radius 3 is 2.69 bits per heavy atom. The quantitative estimate of drug-likeness (QED) is 0.478. The molecule has 2 aliphatic rings. The molecular weight excluding hydrogens is 486 g/mol. The zero-order valence-electron chi connectivity index (χ0n) is 19.8. The van der Waals surface area contributed by atoms with Crippen molar-refractivity contribution in [3.8, 4) is 0 Å². The predicted molar refractivity (Wildman–Crippen MR) is 133 cm³/mol. The van der Waals surface area contributed by atoms with Crippen LogP contribution in [0.5, 0.6) is 0 Å².